The Bertz CT molecular complexity index is 766. The van der Waals surface area contributed by atoms with E-state index in [-0.39, 0.29) is 54.3 Å². The highest BCUT2D eigenvalue weighted by Crippen LogP contribution is 2.33. The molecular weight excluding hydrogens is 364 g/mol. The fraction of sp³-hybridized carbons (Fsp3) is 0.500. The van der Waals surface area contributed by atoms with E-state index in [2.05, 4.69) is 5.32 Å². The van der Waals surface area contributed by atoms with E-state index in [0.29, 0.717) is 6.54 Å². The highest BCUT2D eigenvalue weighted by Gasteiger charge is 2.41. The Balaban J connectivity index is 1.77. The van der Waals surface area contributed by atoms with Gasteiger partial charge in [-0.25, -0.2) is 9.59 Å². The van der Waals surface area contributed by atoms with Gasteiger partial charge in [0.25, 0.3) is 0 Å². The molecule has 0 spiro atoms. The number of anilines is 1. The number of amides is 2. The van der Waals surface area contributed by atoms with E-state index < -0.39 is 17.9 Å². The molecule has 2 amide bonds. The van der Waals surface area contributed by atoms with Crippen molar-refractivity contribution < 1.29 is 28.7 Å². The van der Waals surface area contributed by atoms with E-state index >= 15 is 0 Å². The van der Waals surface area contributed by atoms with E-state index in [1.165, 1.54) is 18.2 Å². The third-order valence-electron chi connectivity index (χ3n) is 4.74. The quantitative estimate of drug-likeness (QED) is 0.717. The Kier molecular flexibility index (Phi) is 5.96. The van der Waals surface area contributed by atoms with Gasteiger partial charge in [0.05, 0.1) is 30.3 Å². The number of benzene rings is 1. The molecule has 1 aliphatic heterocycles. The summed E-state index contributed by atoms with van der Waals surface area (Å²) in [4.78, 5) is 50.7. The van der Waals surface area contributed by atoms with E-state index in [0.717, 1.165) is 12.8 Å². The molecular formula is C20H24N2O6. The number of hydrogen-bond donors (Lipinski definition) is 1. The highest BCUT2D eigenvalue weighted by atomic mass is 16.5. The number of nitrogens with zero attached hydrogens (tertiary/aromatic N) is 1. The van der Waals surface area contributed by atoms with Crippen LogP contribution in [0.5, 0.6) is 0 Å². The molecule has 8 nitrogen and oxygen atoms in total. The number of rotatable bonds is 7. The van der Waals surface area contributed by atoms with Crippen LogP contribution in [0, 0.1) is 5.92 Å². The van der Waals surface area contributed by atoms with E-state index in [1.54, 1.807) is 18.7 Å². The summed E-state index contributed by atoms with van der Waals surface area (Å²) in [6.07, 6.45) is 2.15. The van der Waals surface area contributed by atoms with Crippen molar-refractivity contribution in [3.63, 3.8) is 0 Å². The Morgan fingerprint density at radius 2 is 1.61 bits per heavy atom. The molecule has 2 fully saturated rings. The van der Waals surface area contributed by atoms with Gasteiger partial charge in [0.1, 0.15) is 0 Å². The number of carbonyl (C=O) groups is 4. The van der Waals surface area contributed by atoms with E-state index in [9.17, 15) is 19.2 Å². The lowest BCUT2D eigenvalue weighted by Gasteiger charge is -2.16. The van der Waals surface area contributed by atoms with Crippen molar-refractivity contribution in [1.82, 2.24) is 4.90 Å². The predicted molar refractivity (Wildman–Crippen MR) is 99.8 cm³/mol. The molecule has 28 heavy (non-hydrogen) atoms. The zero-order valence-corrected chi connectivity index (χ0v) is 16.0. The van der Waals surface area contributed by atoms with Gasteiger partial charge in [-0.2, -0.15) is 0 Å². The third kappa shape index (κ3) is 4.49. The molecule has 1 N–H and O–H groups in total. The van der Waals surface area contributed by atoms with Crippen molar-refractivity contribution in [2.75, 3.05) is 25.1 Å². The number of carbonyl (C=O) groups excluding carboxylic acids is 4. The van der Waals surface area contributed by atoms with Crippen LogP contribution in [-0.4, -0.2) is 54.5 Å². The molecule has 1 heterocycles. The summed E-state index contributed by atoms with van der Waals surface area (Å²) < 4.78 is 9.98. The van der Waals surface area contributed by atoms with Crippen molar-refractivity contribution in [3.05, 3.63) is 29.3 Å². The van der Waals surface area contributed by atoms with Gasteiger partial charge in [0, 0.05) is 24.7 Å². The summed E-state index contributed by atoms with van der Waals surface area (Å²) in [7, 11) is 0. The second kappa shape index (κ2) is 8.41. The average molecular weight is 388 g/mol. The largest absolute Gasteiger partial charge is 0.462 e. The van der Waals surface area contributed by atoms with Gasteiger partial charge in [-0.1, -0.05) is 0 Å². The van der Waals surface area contributed by atoms with E-state index in [4.69, 9.17) is 9.47 Å². The van der Waals surface area contributed by atoms with Gasteiger partial charge < -0.3 is 19.7 Å². The minimum atomic E-state index is -0.597. The zero-order valence-electron chi connectivity index (χ0n) is 16.0. The smallest absolute Gasteiger partial charge is 0.338 e. The Morgan fingerprint density at radius 1 is 1.04 bits per heavy atom. The van der Waals surface area contributed by atoms with Crippen LogP contribution in [-0.2, 0) is 19.1 Å². The van der Waals surface area contributed by atoms with E-state index in [1.807, 2.05) is 0 Å². The number of ether oxygens (including phenoxy) is 2. The summed E-state index contributed by atoms with van der Waals surface area (Å²) >= 11 is 0. The number of hydrogen-bond acceptors (Lipinski definition) is 6. The van der Waals surface area contributed by atoms with Crippen molar-refractivity contribution >= 4 is 29.4 Å². The Hall–Kier alpha value is -2.90. The van der Waals surface area contributed by atoms with Crippen LogP contribution in [0.25, 0.3) is 0 Å². The lowest BCUT2D eigenvalue weighted by atomic mass is 10.1. The number of likely N-dealkylation sites (tertiary alicyclic amines) is 1. The highest BCUT2D eigenvalue weighted by molar-refractivity contribution is 6.01. The normalized spacial score (nSPS) is 18.7. The minimum Gasteiger partial charge on any atom is -0.462 e. The van der Waals surface area contributed by atoms with Crippen LogP contribution >= 0.6 is 0 Å². The lowest BCUT2D eigenvalue weighted by molar-refractivity contribution is -0.128. The van der Waals surface area contributed by atoms with Gasteiger partial charge in [-0.3, -0.25) is 9.59 Å². The topological polar surface area (TPSA) is 102 Å². The van der Waals surface area contributed by atoms with Crippen molar-refractivity contribution in [2.45, 2.75) is 39.2 Å². The molecule has 1 aromatic carbocycles. The summed E-state index contributed by atoms with van der Waals surface area (Å²) in [6, 6.07) is 4.55. The molecule has 1 atom stereocenters. The molecule has 150 valence electrons. The van der Waals surface area contributed by atoms with Crippen LogP contribution in [0.3, 0.4) is 0 Å². The molecule has 8 heteroatoms. The number of nitrogens with one attached hydrogen (secondary N) is 1. The van der Waals surface area contributed by atoms with Crippen LogP contribution < -0.4 is 5.32 Å². The molecule has 1 aromatic rings. The van der Waals surface area contributed by atoms with Gasteiger partial charge >= 0.3 is 11.9 Å². The summed E-state index contributed by atoms with van der Waals surface area (Å²) in [6.45, 7) is 4.13. The van der Waals surface area contributed by atoms with Gasteiger partial charge in [-0.05, 0) is 44.9 Å². The molecule has 1 saturated heterocycles. The maximum absolute atomic E-state index is 12.6. The standard InChI is InChI=1S/C20H24N2O6/c1-3-27-19(25)12-7-13(20(26)28-4-2)9-15(8-12)21-18(24)14-10-17(23)22(11-14)16-5-6-16/h7-9,14,16H,3-6,10-11H2,1-2H3,(H,21,24). The molecule has 1 aliphatic carbocycles. The third-order valence-corrected chi connectivity index (χ3v) is 4.74. The Morgan fingerprint density at radius 3 is 2.11 bits per heavy atom. The second-order valence-electron chi connectivity index (χ2n) is 6.91. The van der Waals surface area contributed by atoms with Gasteiger partial charge in [0.2, 0.25) is 11.8 Å². The fourth-order valence-corrected chi connectivity index (χ4v) is 3.26. The molecule has 1 saturated carbocycles. The van der Waals surface area contributed by atoms with Crippen molar-refractivity contribution in [2.24, 2.45) is 5.92 Å². The second-order valence-corrected chi connectivity index (χ2v) is 6.91. The molecule has 1 unspecified atom stereocenters. The summed E-state index contributed by atoms with van der Waals surface area (Å²) in [5, 5.41) is 2.73. The fourth-order valence-electron chi connectivity index (χ4n) is 3.26. The molecule has 3 rings (SSSR count). The van der Waals surface area contributed by atoms with Crippen LogP contribution in [0.2, 0.25) is 0 Å². The first-order chi connectivity index (χ1) is 13.4. The maximum atomic E-state index is 12.6. The molecule has 2 aliphatic rings. The van der Waals surface area contributed by atoms with Crippen LogP contribution in [0.1, 0.15) is 53.8 Å². The predicted octanol–water partition coefficient (Wildman–Crippen LogP) is 1.99. The Labute approximate surface area is 163 Å². The van der Waals surface area contributed by atoms with Crippen molar-refractivity contribution in [3.8, 4) is 0 Å². The summed E-state index contributed by atoms with van der Waals surface area (Å²) in [5.41, 5.74) is 0.575. The molecule has 0 radical (unpaired) electrons. The monoisotopic (exact) mass is 388 g/mol. The molecule has 0 bridgehead atoms. The average Bonchev–Trinajstić information content (AvgIpc) is 3.43. The van der Waals surface area contributed by atoms with Gasteiger partial charge in [-0.15, -0.1) is 0 Å². The summed E-state index contributed by atoms with van der Waals surface area (Å²) in [5.74, 6) is -1.96. The first kappa shape index (κ1) is 19.9. The van der Waals surface area contributed by atoms with Gasteiger partial charge in [0.15, 0.2) is 0 Å². The minimum absolute atomic E-state index is 0.00450. The lowest BCUT2D eigenvalue weighted by Crippen LogP contribution is -2.30. The maximum Gasteiger partial charge on any atom is 0.338 e. The van der Waals surface area contributed by atoms with Crippen molar-refractivity contribution in [1.29, 1.82) is 0 Å². The first-order valence-corrected chi connectivity index (χ1v) is 9.52. The number of esters is 2. The molecule has 0 aromatic heterocycles. The SMILES string of the molecule is CCOC(=O)c1cc(NC(=O)C2CC(=O)N(C3CC3)C2)cc(C(=O)OCC)c1. The zero-order chi connectivity index (χ0) is 20.3. The first-order valence-electron chi connectivity index (χ1n) is 9.52. The van der Waals surface area contributed by atoms with Crippen LogP contribution in [0.4, 0.5) is 5.69 Å². The van der Waals surface area contributed by atoms with Crippen LogP contribution in [0.15, 0.2) is 18.2 Å².